The third-order valence-corrected chi connectivity index (χ3v) is 1.93. The molecule has 0 bridgehead atoms. The van der Waals surface area contributed by atoms with Crippen LogP contribution in [0.25, 0.3) is 0 Å². The molecule has 1 atom stereocenters. The van der Waals surface area contributed by atoms with Gasteiger partial charge < -0.3 is 5.32 Å². The molecular formula is C8H13F2NO. The summed E-state index contributed by atoms with van der Waals surface area (Å²) in [6, 6.07) is -0.340. The Kier molecular flexibility index (Phi) is 2.35. The smallest absolute Gasteiger partial charge is 0.326 e. The number of hydrogen-bond donors (Lipinski definition) is 1. The second kappa shape index (κ2) is 2.99. The number of halogens is 2. The lowest BCUT2D eigenvalue weighted by Crippen LogP contribution is -2.30. The van der Waals surface area contributed by atoms with Crippen molar-refractivity contribution in [2.75, 3.05) is 0 Å². The number of carbonyl (C=O) groups is 1. The minimum Gasteiger partial charge on any atom is -0.348 e. The van der Waals surface area contributed by atoms with Gasteiger partial charge in [-0.2, -0.15) is 8.78 Å². The zero-order valence-corrected chi connectivity index (χ0v) is 7.23. The van der Waals surface area contributed by atoms with Crippen molar-refractivity contribution in [2.24, 2.45) is 5.92 Å². The molecule has 0 aliphatic carbocycles. The van der Waals surface area contributed by atoms with Crippen LogP contribution in [-0.2, 0) is 4.79 Å². The maximum atomic E-state index is 12.6. The van der Waals surface area contributed by atoms with Crippen LogP contribution in [0.1, 0.15) is 26.7 Å². The van der Waals surface area contributed by atoms with Gasteiger partial charge in [-0.3, -0.25) is 4.79 Å². The lowest BCUT2D eigenvalue weighted by atomic mass is 10.0. The van der Waals surface area contributed by atoms with Crippen LogP contribution < -0.4 is 5.32 Å². The van der Waals surface area contributed by atoms with E-state index in [0.717, 1.165) is 0 Å². The lowest BCUT2D eigenvalue weighted by Gasteiger charge is -2.11. The molecular weight excluding hydrogens is 164 g/mol. The van der Waals surface area contributed by atoms with E-state index in [4.69, 9.17) is 0 Å². The summed E-state index contributed by atoms with van der Waals surface area (Å²) in [7, 11) is 0. The average molecular weight is 177 g/mol. The second-order valence-electron chi connectivity index (χ2n) is 3.71. The minimum absolute atomic E-state index is 0.337. The summed E-state index contributed by atoms with van der Waals surface area (Å²) in [6.45, 7) is 3.89. The summed E-state index contributed by atoms with van der Waals surface area (Å²) in [6.07, 6.45) is 0.283. The maximum absolute atomic E-state index is 12.6. The molecule has 70 valence electrons. The number of rotatable bonds is 2. The number of carbonyl (C=O) groups excluding carboxylic acids is 1. The Hall–Kier alpha value is -0.670. The second-order valence-corrected chi connectivity index (χ2v) is 3.71. The van der Waals surface area contributed by atoms with E-state index in [0.29, 0.717) is 12.3 Å². The van der Waals surface area contributed by atoms with E-state index < -0.39 is 11.8 Å². The van der Waals surface area contributed by atoms with Crippen molar-refractivity contribution >= 4 is 5.91 Å². The molecule has 1 saturated heterocycles. The van der Waals surface area contributed by atoms with Crippen molar-refractivity contribution in [2.45, 2.75) is 38.7 Å². The SMILES string of the molecule is CC(C)C[C@H]1CC(F)(F)C(=O)N1. The van der Waals surface area contributed by atoms with Crippen LogP contribution in [0.15, 0.2) is 0 Å². The standard InChI is InChI=1S/C8H13F2NO/c1-5(2)3-6-4-8(9,10)7(12)11-6/h5-6H,3-4H2,1-2H3,(H,11,12)/t6-/m0/s1. The fraction of sp³-hybridized carbons (Fsp3) is 0.875. The Morgan fingerprint density at radius 2 is 2.25 bits per heavy atom. The van der Waals surface area contributed by atoms with Gasteiger partial charge in [-0.05, 0) is 12.3 Å². The first-order chi connectivity index (χ1) is 5.42. The van der Waals surface area contributed by atoms with E-state index in [1.807, 2.05) is 13.8 Å². The Bertz CT molecular complexity index is 191. The van der Waals surface area contributed by atoms with Crippen molar-refractivity contribution in [1.29, 1.82) is 0 Å². The van der Waals surface area contributed by atoms with E-state index in [1.165, 1.54) is 0 Å². The monoisotopic (exact) mass is 177 g/mol. The molecule has 1 aliphatic rings. The van der Waals surface area contributed by atoms with Gasteiger partial charge in [0.05, 0.1) is 0 Å². The van der Waals surface area contributed by atoms with Gasteiger partial charge in [0.1, 0.15) is 0 Å². The summed E-state index contributed by atoms with van der Waals surface area (Å²) < 4.78 is 25.3. The summed E-state index contributed by atoms with van der Waals surface area (Å²) >= 11 is 0. The van der Waals surface area contributed by atoms with E-state index >= 15 is 0 Å². The van der Waals surface area contributed by atoms with Gasteiger partial charge in [0.25, 0.3) is 5.91 Å². The number of alkyl halides is 2. The Morgan fingerprint density at radius 1 is 1.67 bits per heavy atom. The van der Waals surface area contributed by atoms with Crippen molar-refractivity contribution in [3.05, 3.63) is 0 Å². The highest BCUT2D eigenvalue weighted by Crippen LogP contribution is 2.29. The van der Waals surface area contributed by atoms with Crippen LogP contribution in [0, 0.1) is 5.92 Å². The summed E-state index contributed by atoms with van der Waals surface area (Å²) in [4.78, 5) is 10.6. The van der Waals surface area contributed by atoms with Gasteiger partial charge in [-0.25, -0.2) is 0 Å². The maximum Gasteiger partial charge on any atom is 0.326 e. The van der Waals surface area contributed by atoms with Gasteiger partial charge in [0.15, 0.2) is 0 Å². The molecule has 0 aromatic rings. The van der Waals surface area contributed by atoms with Gasteiger partial charge in [-0.1, -0.05) is 13.8 Å². The molecule has 0 saturated carbocycles. The first-order valence-corrected chi connectivity index (χ1v) is 4.10. The van der Waals surface area contributed by atoms with Gasteiger partial charge in [0, 0.05) is 12.5 Å². The molecule has 1 rings (SSSR count). The van der Waals surface area contributed by atoms with Gasteiger partial charge in [-0.15, -0.1) is 0 Å². The average Bonchev–Trinajstić information content (AvgIpc) is 2.04. The summed E-state index contributed by atoms with van der Waals surface area (Å²) in [5.74, 6) is -3.92. The highest BCUT2D eigenvalue weighted by Gasteiger charge is 2.47. The number of hydrogen-bond acceptors (Lipinski definition) is 1. The molecule has 2 nitrogen and oxygen atoms in total. The highest BCUT2D eigenvalue weighted by atomic mass is 19.3. The van der Waals surface area contributed by atoms with Crippen LogP contribution >= 0.6 is 0 Å². The lowest BCUT2D eigenvalue weighted by molar-refractivity contribution is -0.139. The molecule has 0 aromatic heterocycles. The summed E-state index contributed by atoms with van der Waals surface area (Å²) in [5, 5.41) is 2.29. The van der Waals surface area contributed by atoms with E-state index in [1.54, 1.807) is 0 Å². The first kappa shape index (κ1) is 9.42. The molecule has 0 spiro atoms. The Morgan fingerprint density at radius 3 is 2.58 bits per heavy atom. The van der Waals surface area contributed by atoms with Crippen LogP contribution in [0.4, 0.5) is 8.78 Å². The molecule has 1 N–H and O–H groups in total. The fourth-order valence-electron chi connectivity index (χ4n) is 1.46. The Balaban J connectivity index is 2.50. The summed E-state index contributed by atoms with van der Waals surface area (Å²) in [5.41, 5.74) is 0. The number of amides is 1. The molecule has 0 unspecified atom stereocenters. The van der Waals surface area contributed by atoms with Gasteiger partial charge >= 0.3 is 5.92 Å². The molecule has 0 radical (unpaired) electrons. The van der Waals surface area contributed by atoms with Crippen LogP contribution in [0.5, 0.6) is 0 Å². The Labute approximate surface area is 70.3 Å². The van der Waals surface area contributed by atoms with Crippen molar-refractivity contribution in [1.82, 2.24) is 5.32 Å². The highest BCUT2D eigenvalue weighted by molar-refractivity contribution is 5.85. The molecule has 1 heterocycles. The van der Waals surface area contributed by atoms with Crippen LogP contribution in [-0.4, -0.2) is 17.9 Å². The minimum atomic E-state index is -3.14. The van der Waals surface area contributed by atoms with E-state index in [9.17, 15) is 13.6 Å². The topological polar surface area (TPSA) is 29.1 Å². The predicted octanol–water partition coefficient (Wildman–Crippen LogP) is 1.56. The molecule has 12 heavy (non-hydrogen) atoms. The van der Waals surface area contributed by atoms with E-state index in [2.05, 4.69) is 5.32 Å². The molecule has 1 amide bonds. The normalized spacial score (nSPS) is 27.8. The third kappa shape index (κ3) is 1.93. The molecule has 0 aromatic carbocycles. The van der Waals surface area contributed by atoms with Crippen LogP contribution in [0.2, 0.25) is 0 Å². The molecule has 4 heteroatoms. The quantitative estimate of drug-likeness (QED) is 0.681. The van der Waals surface area contributed by atoms with E-state index in [-0.39, 0.29) is 12.5 Å². The molecule has 1 aliphatic heterocycles. The fourth-order valence-corrected chi connectivity index (χ4v) is 1.46. The predicted molar refractivity (Wildman–Crippen MR) is 40.9 cm³/mol. The van der Waals surface area contributed by atoms with Crippen molar-refractivity contribution < 1.29 is 13.6 Å². The zero-order valence-electron chi connectivity index (χ0n) is 7.23. The van der Waals surface area contributed by atoms with Crippen LogP contribution in [0.3, 0.4) is 0 Å². The molecule has 1 fully saturated rings. The van der Waals surface area contributed by atoms with Crippen molar-refractivity contribution in [3.63, 3.8) is 0 Å². The van der Waals surface area contributed by atoms with Gasteiger partial charge in [0.2, 0.25) is 0 Å². The number of nitrogens with one attached hydrogen (secondary N) is 1. The third-order valence-electron chi connectivity index (χ3n) is 1.93. The van der Waals surface area contributed by atoms with Crippen molar-refractivity contribution in [3.8, 4) is 0 Å². The largest absolute Gasteiger partial charge is 0.348 e. The first-order valence-electron chi connectivity index (χ1n) is 4.10. The zero-order chi connectivity index (χ0) is 9.35.